The Kier molecular flexibility index (Phi) is 8.77. The summed E-state index contributed by atoms with van der Waals surface area (Å²) in [7, 11) is 0. The molecule has 0 heteroatoms. The van der Waals surface area contributed by atoms with E-state index in [1.165, 1.54) is 165 Å². The normalized spacial score (nSPS) is 15.0. The summed E-state index contributed by atoms with van der Waals surface area (Å²) < 4.78 is 0. The third-order valence-electron chi connectivity index (χ3n) is 17.5. The van der Waals surface area contributed by atoms with Crippen LogP contribution in [0.4, 0.5) is 0 Å². The van der Waals surface area contributed by atoms with Gasteiger partial charge in [-0.3, -0.25) is 0 Å². The maximum absolute atomic E-state index is 2.55. The number of rotatable bonds is 6. The number of hydrogen-bond acceptors (Lipinski definition) is 0. The molecule has 0 heterocycles. The predicted octanol–water partition coefficient (Wildman–Crippen LogP) is 20.6. The van der Waals surface area contributed by atoms with E-state index in [0.717, 1.165) is 0 Å². The van der Waals surface area contributed by atoms with E-state index in [1.54, 1.807) is 0 Å². The second-order valence-electron chi connectivity index (χ2n) is 21.2. The molecule has 76 heavy (non-hydrogen) atoms. The molecular weight excluding hydrogens is 913 g/mol. The molecule has 0 saturated heterocycles. The van der Waals surface area contributed by atoms with Crippen molar-refractivity contribution in [1.82, 2.24) is 0 Å². The lowest BCUT2D eigenvalue weighted by Crippen LogP contribution is -2.06. The fraction of sp³-hybridized carbons (Fsp3) is 0.0263. The predicted molar refractivity (Wildman–Crippen MR) is 322 cm³/mol. The average Bonchev–Trinajstić information content (AvgIpc) is 4.03. The zero-order chi connectivity index (χ0) is 49.6. The molecule has 0 fully saturated rings. The van der Waals surface area contributed by atoms with Crippen molar-refractivity contribution in [3.63, 3.8) is 0 Å². The standard InChI is InChI=1S/C76H46/c1-7-19-45(20-8-1)51-31-33-57-63(43-51)67(49-27-15-5-16-28-49)75-61-41-37-55-56-38-42-62-72-60(40-36-54(70(56)72)53-35-39-59(71(61)69(53)55)73(75)65(57)47-23-11-3-12-24-47)74-66(48-25-13-4-14-26-48)58-34-32-52(46-21-9-2-10-22-46)44-64(58)68(76(62)74)50-29-17-6-18-30-50/h1-44,59,62H. The van der Waals surface area contributed by atoms with Crippen LogP contribution in [0, 0.1) is 0 Å². The van der Waals surface area contributed by atoms with Crippen LogP contribution in [-0.2, 0) is 0 Å². The number of hydrogen-bond donors (Lipinski definition) is 0. The molecule has 2 unspecified atom stereocenters. The molecule has 0 saturated carbocycles. The lowest BCUT2D eigenvalue weighted by molar-refractivity contribution is 1.08. The molecule has 17 rings (SSSR count). The quantitative estimate of drug-likeness (QED) is 0.146. The maximum atomic E-state index is 2.55. The van der Waals surface area contributed by atoms with Gasteiger partial charge in [-0.1, -0.05) is 255 Å². The number of benzene rings is 13. The molecule has 0 amide bonds. The minimum absolute atomic E-state index is 0.0716. The highest BCUT2D eigenvalue weighted by Gasteiger charge is 2.41. The Bertz CT molecular complexity index is 4680. The molecular formula is C76H46. The SMILES string of the molecule is C1=CC2c3c(c(-c4ccccc4)c4cc(-c5ccccc5)ccc4c3-c3ccccc3)-c3ccc4c5c6c7c(ccc6c1c4c32)-c1c(c(-c2ccccc2)c2cc(-c3ccccc3)ccc2c1-c1ccccc1)C7C=C5. The molecule has 4 aliphatic rings. The van der Waals surface area contributed by atoms with E-state index in [0.29, 0.717) is 0 Å². The first kappa shape index (κ1) is 41.8. The van der Waals surface area contributed by atoms with Crippen LogP contribution in [0.15, 0.2) is 255 Å². The van der Waals surface area contributed by atoms with Crippen LogP contribution >= 0.6 is 0 Å². The minimum atomic E-state index is 0.0716. The third-order valence-corrected chi connectivity index (χ3v) is 17.5. The van der Waals surface area contributed by atoms with Gasteiger partial charge < -0.3 is 0 Å². The first-order valence-electron chi connectivity index (χ1n) is 26.8. The van der Waals surface area contributed by atoms with Crippen molar-refractivity contribution in [2.24, 2.45) is 0 Å². The molecule has 0 aromatic heterocycles. The van der Waals surface area contributed by atoms with Crippen molar-refractivity contribution in [2.75, 3.05) is 0 Å². The van der Waals surface area contributed by atoms with Crippen molar-refractivity contribution in [1.29, 1.82) is 0 Å². The zero-order valence-electron chi connectivity index (χ0n) is 41.6. The second-order valence-corrected chi connectivity index (χ2v) is 21.2. The monoisotopic (exact) mass is 958 g/mol. The van der Waals surface area contributed by atoms with Gasteiger partial charge in [-0.25, -0.2) is 0 Å². The van der Waals surface area contributed by atoms with Gasteiger partial charge in [-0.2, -0.15) is 0 Å². The second kappa shape index (κ2) is 15.9. The van der Waals surface area contributed by atoms with E-state index in [-0.39, 0.29) is 11.8 Å². The molecule has 0 aliphatic heterocycles. The first-order chi connectivity index (χ1) is 37.8. The Hall–Kier alpha value is -9.62. The van der Waals surface area contributed by atoms with Gasteiger partial charge in [-0.15, -0.1) is 0 Å². The van der Waals surface area contributed by atoms with Crippen molar-refractivity contribution >= 4 is 55.2 Å². The van der Waals surface area contributed by atoms with E-state index >= 15 is 0 Å². The molecule has 0 radical (unpaired) electrons. The lowest BCUT2D eigenvalue weighted by atomic mass is 9.76. The Morgan fingerprint density at radius 3 is 0.934 bits per heavy atom. The average molecular weight is 959 g/mol. The molecule has 350 valence electrons. The van der Waals surface area contributed by atoms with Crippen molar-refractivity contribution in [2.45, 2.75) is 11.8 Å². The van der Waals surface area contributed by atoms with Gasteiger partial charge in [-0.05, 0) is 178 Å². The van der Waals surface area contributed by atoms with Crippen LogP contribution in [-0.4, -0.2) is 0 Å². The molecule has 2 atom stereocenters. The molecule has 0 spiro atoms. The maximum Gasteiger partial charge on any atom is 0.0298 e. The van der Waals surface area contributed by atoms with Gasteiger partial charge in [0, 0.05) is 11.8 Å². The van der Waals surface area contributed by atoms with E-state index in [4.69, 9.17) is 0 Å². The fourth-order valence-corrected chi connectivity index (χ4v) is 14.5. The molecule has 0 nitrogen and oxygen atoms in total. The largest absolute Gasteiger partial charge is 0.0719 e. The van der Waals surface area contributed by atoms with Crippen LogP contribution in [0.2, 0.25) is 0 Å². The Morgan fingerprint density at radius 1 is 0.211 bits per heavy atom. The Morgan fingerprint density at radius 2 is 0.526 bits per heavy atom. The summed E-state index contributed by atoms with van der Waals surface area (Å²) >= 11 is 0. The summed E-state index contributed by atoms with van der Waals surface area (Å²) in [6.07, 6.45) is 10.1. The van der Waals surface area contributed by atoms with Gasteiger partial charge in [0.2, 0.25) is 0 Å². The van der Waals surface area contributed by atoms with Crippen LogP contribution in [0.1, 0.15) is 45.2 Å². The van der Waals surface area contributed by atoms with Gasteiger partial charge in [0.1, 0.15) is 0 Å². The number of allylic oxidation sites excluding steroid dienone is 2. The summed E-state index contributed by atoms with van der Waals surface area (Å²) in [6, 6.07) is 90.8. The van der Waals surface area contributed by atoms with Crippen molar-refractivity contribution < 1.29 is 0 Å². The van der Waals surface area contributed by atoms with Crippen LogP contribution in [0.3, 0.4) is 0 Å². The molecule has 0 bridgehead atoms. The topological polar surface area (TPSA) is 0 Å². The van der Waals surface area contributed by atoms with E-state index in [1.807, 2.05) is 0 Å². The summed E-state index contributed by atoms with van der Waals surface area (Å²) in [5.74, 6) is 0.151. The zero-order valence-corrected chi connectivity index (χ0v) is 41.6. The highest BCUT2D eigenvalue weighted by Crippen LogP contribution is 2.64. The summed E-state index contributed by atoms with van der Waals surface area (Å²) in [5.41, 5.74) is 29.0. The van der Waals surface area contributed by atoms with Crippen LogP contribution < -0.4 is 0 Å². The molecule has 13 aromatic rings. The van der Waals surface area contributed by atoms with Crippen LogP contribution in [0.25, 0.3) is 144 Å². The smallest absolute Gasteiger partial charge is 0.0298 e. The lowest BCUT2D eigenvalue weighted by Gasteiger charge is -2.27. The van der Waals surface area contributed by atoms with E-state index < -0.39 is 0 Å². The van der Waals surface area contributed by atoms with Gasteiger partial charge in [0.15, 0.2) is 0 Å². The summed E-state index contributed by atoms with van der Waals surface area (Å²) in [5, 5.41) is 10.6. The summed E-state index contributed by atoms with van der Waals surface area (Å²) in [4.78, 5) is 0. The van der Waals surface area contributed by atoms with Gasteiger partial charge >= 0.3 is 0 Å². The molecule has 4 aliphatic carbocycles. The first-order valence-corrected chi connectivity index (χ1v) is 26.8. The fourth-order valence-electron chi connectivity index (χ4n) is 14.5. The third kappa shape index (κ3) is 5.73. The van der Waals surface area contributed by atoms with E-state index in [9.17, 15) is 0 Å². The number of fused-ring (bicyclic) bond motifs is 10. The van der Waals surface area contributed by atoms with Gasteiger partial charge in [0.05, 0.1) is 0 Å². The van der Waals surface area contributed by atoms with Crippen molar-refractivity contribution in [3.8, 4) is 89.0 Å². The van der Waals surface area contributed by atoms with Crippen LogP contribution in [0.5, 0.6) is 0 Å². The molecule has 13 aromatic carbocycles. The highest BCUT2D eigenvalue weighted by atomic mass is 14.4. The van der Waals surface area contributed by atoms with Gasteiger partial charge in [0.25, 0.3) is 0 Å². The van der Waals surface area contributed by atoms with E-state index in [2.05, 4.69) is 267 Å². The van der Waals surface area contributed by atoms with Crippen molar-refractivity contribution in [3.05, 3.63) is 288 Å². The Balaban J connectivity index is 0.958. The molecule has 0 N–H and O–H groups in total. The summed E-state index contributed by atoms with van der Waals surface area (Å²) in [6.45, 7) is 0. The minimum Gasteiger partial charge on any atom is -0.0719 e. The highest BCUT2D eigenvalue weighted by molar-refractivity contribution is 6.25. The Labute approximate surface area is 441 Å².